The number of rotatable bonds is 10. The molecule has 0 rings (SSSR count). The van der Waals surface area contributed by atoms with E-state index in [4.69, 9.17) is 5.11 Å². The highest BCUT2D eigenvalue weighted by molar-refractivity contribution is 5.83. The van der Waals surface area contributed by atoms with Gasteiger partial charge < -0.3 is 21.1 Å². The van der Waals surface area contributed by atoms with Gasteiger partial charge in [-0.2, -0.15) is 0 Å². The Morgan fingerprint density at radius 1 is 1.00 bits per heavy atom. The van der Waals surface area contributed by atoms with Gasteiger partial charge in [0.25, 0.3) is 0 Å². The number of hydrogen-bond donors (Lipinski definition) is 4. The van der Waals surface area contributed by atoms with Crippen molar-refractivity contribution in [2.24, 2.45) is 11.8 Å². The second-order valence-corrected chi connectivity index (χ2v) is 5.63. The van der Waals surface area contributed by atoms with Crippen molar-refractivity contribution < 1.29 is 19.5 Å². The van der Waals surface area contributed by atoms with E-state index in [1.165, 1.54) is 0 Å². The van der Waals surface area contributed by atoms with Crippen LogP contribution in [-0.2, 0) is 9.59 Å². The quantitative estimate of drug-likeness (QED) is 0.482. The van der Waals surface area contributed by atoms with Crippen LogP contribution in [0.5, 0.6) is 0 Å². The van der Waals surface area contributed by atoms with Crippen molar-refractivity contribution in [1.82, 2.24) is 16.0 Å². The number of carboxylic acids is 1. The number of carbonyl (C=O) groups excluding carboxylic acids is 2. The summed E-state index contributed by atoms with van der Waals surface area (Å²) in [5, 5.41) is 16.4. The third-order valence-electron chi connectivity index (χ3n) is 2.89. The first-order chi connectivity index (χ1) is 9.81. The zero-order valence-electron chi connectivity index (χ0n) is 13.1. The van der Waals surface area contributed by atoms with Gasteiger partial charge in [-0.15, -0.1) is 0 Å². The highest BCUT2D eigenvalue weighted by atomic mass is 16.4. The van der Waals surface area contributed by atoms with Gasteiger partial charge in [-0.1, -0.05) is 20.8 Å². The molecule has 0 spiro atoms. The summed E-state index contributed by atoms with van der Waals surface area (Å²) in [5.41, 5.74) is 0. The van der Waals surface area contributed by atoms with Crippen molar-refractivity contribution in [3.05, 3.63) is 0 Å². The molecule has 0 bridgehead atoms. The lowest BCUT2D eigenvalue weighted by Crippen LogP contribution is -2.43. The molecule has 7 nitrogen and oxygen atoms in total. The molecular formula is C14H27N3O4. The Morgan fingerprint density at radius 2 is 1.67 bits per heavy atom. The summed E-state index contributed by atoms with van der Waals surface area (Å²) < 4.78 is 0. The van der Waals surface area contributed by atoms with E-state index in [9.17, 15) is 14.4 Å². The largest absolute Gasteiger partial charge is 0.481 e. The molecule has 0 saturated heterocycles. The Labute approximate surface area is 125 Å². The second-order valence-electron chi connectivity index (χ2n) is 5.63. The summed E-state index contributed by atoms with van der Waals surface area (Å²) >= 11 is 0. The molecule has 0 aliphatic rings. The molecule has 0 aliphatic carbocycles. The lowest BCUT2D eigenvalue weighted by Gasteiger charge is -2.12. The SMILES string of the molecule is CC(C)CNC(=O)CNC(=O)NCCC(C)CCC(=O)O. The molecule has 4 N–H and O–H groups in total. The highest BCUT2D eigenvalue weighted by Crippen LogP contribution is 2.08. The molecule has 3 amide bonds. The smallest absolute Gasteiger partial charge is 0.315 e. The molecule has 0 aromatic rings. The Morgan fingerprint density at radius 3 is 2.24 bits per heavy atom. The van der Waals surface area contributed by atoms with E-state index in [0.29, 0.717) is 31.8 Å². The van der Waals surface area contributed by atoms with E-state index in [2.05, 4.69) is 16.0 Å². The Hall–Kier alpha value is -1.79. The minimum absolute atomic E-state index is 0.0485. The maximum Gasteiger partial charge on any atom is 0.315 e. The molecule has 0 heterocycles. The summed E-state index contributed by atoms with van der Waals surface area (Å²) in [6.07, 6.45) is 1.44. The number of carboxylic acid groups (broad SMARTS) is 1. The van der Waals surface area contributed by atoms with Crippen molar-refractivity contribution in [1.29, 1.82) is 0 Å². The zero-order valence-corrected chi connectivity index (χ0v) is 13.1. The van der Waals surface area contributed by atoms with Crippen LogP contribution in [0.4, 0.5) is 4.79 Å². The Balaban J connectivity index is 3.62. The van der Waals surface area contributed by atoms with Gasteiger partial charge in [-0.25, -0.2) is 4.79 Å². The van der Waals surface area contributed by atoms with Gasteiger partial charge in [-0.3, -0.25) is 9.59 Å². The van der Waals surface area contributed by atoms with Crippen molar-refractivity contribution in [2.75, 3.05) is 19.6 Å². The predicted octanol–water partition coefficient (Wildman–Crippen LogP) is 0.949. The van der Waals surface area contributed by atoms with Crippen LogP contribution in [0, 0.1) is 11.8 Å². The number of hydrogen-bond acceptors (Lipinski definition) is 3. The van der Waals surface area contributed by atoms with E-state index in [0.717, 1.165) is 0 Å². The van der Waals surface area contributed by atoms with Crippen molar-refractivity contribution >= 4 is 17.9 Å². The fraction of sp³-hybridized carbons (Fsp3) is 0.786. The van der Waals surface area contributed by atoms with E-state index < -0.39 is 5.97 Å². The third kappa shape index (κ3) is 13.0. The summed E-state index contributed by atoms with van der Waals surface area (Å²) in [7, 11) is 0. The van der Waals surface area contributed by atoms with Crippen LogP contribution >= 0.6 is 0 Å². The Bertz CT molecular complexity index is 345. The predicted molar refractivity (Wildman–Crippen MR) is 79.9 cm³/mol. The molecule has 0 aromatic carbocycles. The minimum Gasteiger partial charge on any atom is -0.481 e. The number of aliphatic carboxylic acids is 1. The molecule has 1 atom stereocenters. The maximum absolute atomic E-state index is 11.4. The van der Waals surface area contributed by atoms with E-state index in [1.807, 2.05) is 20.8 Å². The summed E-state index contributed by atoms with van der Waals surface area (Å²) in [6, 6.07) is -0.389. The number of nitrogens with one attached hydrogen (secondary N) is 3. The van der Waals surface area contributed by atoms with Gasteiger partial charge in [0.15, 0.2) is 0 Å². The van der Waals surface area contributed by atoms with Gasteiger partial charge in [0.05, 0.1) is 6.54 Å². The van der Waals surface area contributed by atoms with Crippen molar-refractivity contribution in [2.45, 2.75) is 40.0 Å². The summed E-state index contributed by atoms with van der Waals surface area (Å²) in [4.78, 5) is 33.2. The molecule has 21 heavy (non-hydrogen) atoms. The zero-order chi connectivity index (χ0) is 16.3. The molecule has 122 valence electrons. The van der Waals surface area contributed by atoms with Crippen LogP contribution in [0.15, 0.2) is 0 Å². The lowest BCUT2D eigenvalue weighted by molar-refractivity contribution is -0.137. The average Bonchev–Trinajstić information content (AvgIpc) is 2.40. The third-order valence-corrected chi connectivity index (χ3v) is 2.89. The normalized spacial score (nSPS) is 11.8. The van der Waals surface area contributed by atoms with Gasteiger partial charge in [0.1, 0.15) is 0 Å². The first-order valence-corrected chi connectivity index (χ1v) is 7.31. The molecule has 7 heteroatoms. The Kier molecular flexibility index (Phi) is 10.0. The number of urea groups is 1. The minimum atomic E-state index is -0.806. The molecule has 0 radical (unpaired) electrons. The fourth-order valence-electron chi connectivity index (χ4n) is 1.55. The van der Waals surface area contributed by atoms with Crippen LogP contribution in [0.2, 0.25) is 0 Å². The second kappa shape index (κ2) is 10.9. The topological polar surface area (TPSA) is 108 Å². The van der Waals surface area contributed by atoms with Crippen LogP contribution in [-0.4, -0.2) is 42.6 Å². The van der Waals surface area contributed by atoms with Crippen LogP contribution in [0.25, 0.3) is 0 Å². The molecule has 0 aliphatic heterocycles. The van der Waals surface area contributed by atoms with E-state index in [1.54, 1.807) is 0 Å². The molecule has 0 fully saturated rings. The van der Waals surface area contributed by atoms with Gasteiger partial charge in [0.2, 0.25) is 5.91 Å². The fourth-order valence-corrected chi connectivity index (χ4v) is 1.55. The highest BCUT2D eigenvalue weighted by Gasteiger charge is 2.08. The first-order valence-electron chi connectivity index (χ1n) is 7.31. The van der Waals surface area contributed by atoms with Crippen LogP contribution < -0.4 is 16.0 Å². The van der Waals surface area contributed by atoms with Crippen LogP contribution in [0.3, 0.4) is 0 Å². The molecular weight excluding hydrogens is 274 g/mol. The maximum atomic E-state index is 11.4. The van der Waals surface area contributed by atoms with Crippen molar-refractivity contribution in [3.63, 3.8) is 0 Å². The van der Waals surface area contributed by atoms with Gasteiger partial charge >= 0.3 is 12.0 Å². The van der Waals surface area contributed by atoms with Gasteiger partial charge in [-0.05, 0) is 24.7 Å². The average molecular weight is 301 g/mol. The molecule has 0 aromatic heterocycles. The number of carbonyl (C=O) groups is 3. The monoisotopic (exact) mass is 301 g/mol. The molecule has 1 unspecified atom stereocenters. The summed E-state index contributed by atoms with van der Waals surface area (Å²) in [6.45, 7) is 6.93. The van der Waals surface area contributed by atoms with E-state index >= 15 is 0 Å². The van der Waals surface area contributed by atoms with Crippen molar-refractivity contribution in [3.8, 4) is 0 Å². The van der Waals surface area contributed by atoms with Crippen LogP contribution in [0.1, 0.15) is 40.0 Å². The number of amides is 3. The first kappa shape index (κ1) is 19.2. The molecule has 0 saturated carbocycles. The summed E-state index contributed by atoms with van der Waals surface area (Å²) in [5.74, 6) is -0.417. The lowest BCUT2D eigenvalue weighted by atomic mass is 10.0. The standard InChI is InChI=1S/C14H27N3O4/c1-10(2)8-16-12(18)9-17-14(21)15-7-6-11(3)4-5-13(19)20/h10-11H,4-9H2,1-3H3,(H,16,18)(H,19,20)(H2,15,17,21). The van der Waals surface area contributed by atoms with Gasteiger partial charge in [0, 0.05) is 19.5 Å². The van der Waals surface area contributed by atoms with E-state index in [-0.39, 0.29) is 30.8 Å².